The number of halogens is 2. The van der Waals surface area contributed by atoms with Gasteiger partial charge in [0.2, 0.25) is 0 Å². The van der Waals surface area contributed by atoms with Gasteiger partial charge in [-0.25, -0.2) is 0 Å². The van der Waals surface area contributed by atoms with E-state index in [0.29, 0.717) is 31.4 Å². The number of carbonyl (C=O) groups excluding carboxylic acids is 3. The Morgan fingerprint density at radius 3 is 2.79 bits per heavy atom. The molecule has 0 unspecified atom stereocenters. The summed E-state index contributed by atoms with van der Waals surface area (Å²) in [5, 5.41) is 20.7. The van der Waals surface area contributed by atoms with Crippen molar-refractivity contribution in [1.82, 2.24) is 20.4 Å². The number of fused-ring (bicyclic) bond motifs is 2. The zero-order chi connectivity index (χ0) is 27.7. The molecule has 8 nitrogen and oxygen atoms in total. The number of H-pyrrole nitrogens is 1. The maximum atomic E-state index is 13.2. The molecule has 3 N–H and O–H groups in total. The first kappa shape index (κ1) is 26.9. The van der Waals surface area contributed by atoms with Crippen molar-refractivity contribution in [2.24, 2.45) is 0 Å². The van der Waals surface area contributed by atoms with Crippen LogP contribution in [0.15, 0.2) is 54.7 Å². The average Bonchev–Trinajstić information content (AvgIpc) is 3.40. The fourth-order valence-corrected chi connectivity index (χ4v) is 5.66. The minimum absolute atomic E-state index is 0.103. The van der Waals surface area contributed by atoms with Crippen molar-refractivity contribution in [1.29, 1.82) is 0 Å². The standard InChI is InChI=1S/C29H26Cl2N4O4/c1-16(37)18-4-2-3-17(9-18)10-22(15-36)33-28(38)26-24(30)11-21-14-35(8-7-23(21)27(26)31)29(39)19-5-6-20-13-32-34-25(20)12-19/h2-6,9,11-13,15-16,22,37H,7-8,10,14H2,1H3,(H,32,34)(H,33,38)/t16-,22-/m0/s1. The van der Waals surface area contributed by atoms with Gasteiger partial charge < -0.3 is 20.1 Å². The highest BCUT2D eigenvalue weighted by Gasteiger charge is 2.28. The van der Waals surface area contributed by atoms with Crippen LogP contribution in [-0.4, -0.2) is 50.9 Å². The Morgan fingerprint density at radius 2 is 2.03 bits per heavy atom. The third kappa shape index (κ3) is 5.54. The Balaban J connectivity index is 1.32. The van der Waals surface area contributed by atoms with Crippen molar-refractivity contribution in [3.05, 3.63) is 98.2 Å². The molecule has 1 aliphatic heterocycles. The molecule has 4 aromatic rings. The van der Waals surface area contributed by atoms with Crippen LogP contribution < -0.4 is 5.32 Å². The second kappa shape index (κ2) is 11.2. The number of aliphatic hydroxyl groups excluding tert-OH is 1. The normalized spacial score (nSPS) is 14.5. The number of amides is 2. The maximum absolute atomic E-state index is 13.2. The highest BCUT2D eigenvalue weighted by atomic mass is 35.5. The van der Waals surface area contributed by atoms with E-state index in [0.717, 1.165) is 33.2 Å². The highest BCUT2D eigenvalue weighted by molar-refractivity contribution is 6.40. The molecule has 0 saturated carbocycles. The van der Waals surface area contributed by atoms with E-state index in [9.17, 15) is 19.5 Å². The number of benzene rings is 3. The number of aromatic nitrogens is 2. The van der Waals surface area contributed by atoms with E-state index in [1.807, 2.05) is 12.1 Å². The predicted molar refractivity (Wildman–Crippen MR) is 149 cm³/mol. The zero-order valence-corrected chi connectivity index (χ0v) is 22.6. The van der Waals surface area contributed by atoms with Crippen LogP contribution in [-0.2, 0) is 24.2 Å². The SMILES string of the molecule is C[C@H](O)c1cccc(C[C@@H](C=O)NC(=O)c2c(Cl)cc3c(c2Cl)CCN(C(=O)c2ccc4cn[nH]c4c2)C3)c1. The fraction of sp³-hybridized carbons (Fsp3) is 0.241. The van der Waals surface area contributed by atoms with Crippen LogP contribution in [0.3, 0.4) is 0 Å². The Labute approximate surface area is 234 Å². The Morgan fingerprint density at radius 1 is 1.21 bits per heavy atom. The number of nitrogens with zero attached hydrogens (tertiary/aromatic N) is 2. The maximum Gasteiger partial charge on any atom is 0.254 e. The molecule has 5 rings (SSSR count). The third-order valence-electron chi connectivity index (χ3n) is 6.98. The molecule has 3 aromatic carbocycles. The van der Waals surface area contributed by atoms with E-state index in [-0.39, 0.29) is 27.9 Å². The largest absolute Gasteiger partial charge is 0.389 e. The van der Waals surface area contributed by atoms with Crippen LogP contribution in [0.25, 0.3) is 10.9 Å². The summed E-state index contributed by atoms with van der Waals surface area (Å²) in [5.41, 5.74) is 4.47. The number of aldehydes is 1. The first-order chi connectivity index (χ1) is 18.7. The van der Waals surface area contributed by atoms with Crippen LogP contribution in [0.4, 0.5) is 0 Å². The van der Waals surface area contributed by atoms with Gasteiger partial charge >= 0.3 is 0 Å². The number of nitrogens with one attached hydrogen (secondary N) is 2. The second-order valence-corrected chi connectivity index (χ2v) is 10.5. The van der Waals surface area contributed by atoms with Gasteiger partial charge in [0.1, 0.15) is 6.29 Å². The molecule has 0 aliphatic carbocycles. The number of aromatic amines is 1. The van der Waals surface area contributed by atoms with Crippen LogP contribution in [0.5, 0.6) is 0 Å². The fourth-order valence-electron chi connectivity index (χ4n) is 4.89. The Hall–Kier alpha value is -3.72. The smallest absolute Gasteiger partial charge is 0.254 e. The van der Waals surface area contributed by atoms with E-state index in [1.54, 1.807) is 54.4 Å². The number of rotatable bonds is 7. The molecule has 200 valence electrons. The van der Waals surface area contributed by atoms with Crippen molar-refractivity contribution in [2.45, 2.75) is 38.5 Å². The summed E-state index contributed by atoms with van der Waals surface area (Å²) >= 11 is 13.2. The lowest BCUT2D eigenvalue weighted by Gasteiger charge is -2.30. The minimum atomic E-state index is -0.815. The van der Waals surface area contributed by atoms with Crippen LogP contribution in [0.2, 0.25) is 10.0 Å². The van der Waals surface area contributed by atoms with Gasteiger partial charge in [0.05, 0.1) is 39.5 Å². The Bertz CT molecular complexity index is 1580. The van der Waals surface area contributed by atoms with Crippen molar-refractivity contribution in [3.8, 4) is 0 Å². The van der Waals surface area contributed by atoms with E-state index in [2.05, 4.69) is 15.5 Å². The molecule has 0 bridgehead atoms. The summed E-state index contributed by atoms with van der Waals surface area (Å²) in [5.74, 6) is -0.678. The Kier molecular flexibility index (Phi) is 7.70. The van der Waals surface area contributed by atoms with Gasteiger partial charge in [-0.1, -0.05) is 53.5 Å². The quantitative estimate of drug-likeness (QED) is 0.282. The lowest BCUT2D eigenvalue weighted by atomic mass is 9.95. The van der Waals surface area contributed by atoms with Crippen molar-refractivity contribution >= 4 is 52.2 Å². The second-order valence-electron chi connectivity index (χ2n) is 9.67. The molecular weight excluding hydrogens is 539 g/mol. The van der Waals surface area contributed by atoms with Gasteiger partial charge in [-0.3, -0.25) is 14.7 Å². The summed E-state index contributed by atoms with van der Waals surface area (Å²) in [6.07, 6.45) is 2.42. The molecule has 0 fully saturated rings. The van der Waals surface area contributed by atoms with Gasteiger partial charge in [0, 0.05) is 24.0 Å². The van der Waals surface area contributed by atoms with Crippen LogP contribution in [0.1, 0.15) is 56.0 Å². The van der Waals surface area contributed by atoms with Gasteiger partial charge in [-0.2, -0.15) is 5.10 Å². The van der Waals surface area contributed by atoms with E-state index < -0.39 is 18.1 Å². The molecule has 10 heteroatoms. The highest BCUT2D eigenvalue weighted by Crippen LogP contribution is 2.35. The van der Waals surface area contributed by atoms with E-state index >= 15 is 0 Å². The van der Waals surface area contributed by atoms with Crippen LogP contribution >= 0.6 is 23.2 Å². The average molecular weight is 565 g/mol. The third-order valence-corrected chi connectivity index (χ3v) is 7.69. The predicted octanol–water partition coefficient (Wildman–Crippen LogP) is 4.66. The van der Waals surface area contributed by atoms with Gasteiger partial charge in [0.15, 0.2) is 0 Å². The minimum Gasteiger partial charge on any atom is -0.389 e. The molecule has 0 saturated heterocycles. The number of aliphatic hydroxyl groups is 1. The lowest BCUT2D eigenvalue weighted by molar-refractivity contribution is -0.109. The van der Waals surface area contributed by atoms with Gasteiger partial charge in [0.25, 0.3) is 11.8 Å². The summed E-state index contributed by atoms with van der Waals surface area (Å²) in [6, 6.07) is 13.5. The molecule has 1 aliphatic rings. The van der Waals surface area contributed by atoms with Crippen LogP contribution in [0, 0.1) is 0 Å². The van der Waals surface area contributed by atoms with Crippen molar-refractivity contribution in [2.75, 3.05) is 6.54 Å². The summed E-state index contributed by atoms with van der Waals surface area (Å²) in [6.45, 7) is 2.38. The number of carbonyl (C=O) groups is 3. The summed E-state index contributed by atoms with van der Waals surface area (Å²) in [4.78, 5) is 39.9. The summed E-state index contributed by atoms with van der Waals surface area (Å²) in [7, 11) is 0. The lowest BCUT2D eigenvalue weighted by Crippen LogP contribution is -2.39. The topological polar surface area (TPSA) is 115 Å². The number of hydrogen-bond acceptors (Lipinski definition) is 5. The van der Waals surface area contributed by atoms with Crippen molar-refractivity contribution < 1.29 is 19.5 Å². The van der Waals surface area contributed by atoms with Gasteiger partial charge in [-0.15, -0.1) is 0 Å². The van der Waals surface area contributed by atoms with E-state index in [4.69, 9.17) is 23.2 Å². The molecule has 1 aromatic heterocycles. The number of hydrogen-bond donors (Lipinski definition) is 3. The molecule has 2 atom stereocenters. The molecular formula is C29H26Cl2N4O4. The monoisotopic (exact) mass is 564 g/mol. The van der Waals surface area contributed by atoms with E-state index in [1.165, 1.54) is 0 Å². The molecule has 2 heterocycles. The molecule has 39 heavy (non-hydrogen) atoms. The zero-order valence-electron chi connectivity index (χ0n) is 21.1. The first-order valence-corrected chi connectivity index (χ1v) is 13.3. The first-order valence-electron chi connectivity index (χ1n) is 12.5. The summed E-state index contributed by atoms with van der Waals surface area (Å²) < 4.78 is 0. The van der Waals surface area contributed by atoms with Gasteiger partial charge in [-0.05, 0) is 60.2 Å². The molecule has 0 spiro atoms. The molecule has 2 amide bonds. The van der Waals surface area contributed by atoms with Crippen molar-refractivity contribution in [3.63, 3.8) is 0 Å². The molecule has 0 radical (unpaired) electrons.